The van der Waals surface area contributed by atoms with Gasteiger partial charge in [-0.25, -0.2) is 13.2 Å². The van der Waals surface area contributed by atoms with E-state index in [1.54, 1.807) is 16.3 Å². The number of amides is 2. The van der Waals surface area contributed by atoms with Gasteiger partial charge in [-0.3, -0.25) is 0 Å². The number of sulfonamides is 1. The maximum atomic E-state index is 12.5. The molecule has 1 aliphatic heterocycles. The van der Waals surface area contributed by atoms with Crippen LogP contribution >= 0.6 is 27.3 Å². The molecule has 0 bridgehead atoms. The molecule has 0 spiro atoms. The fourth-order valence-electron chi connectivity index (χ4n) is 1.98. The first-order valence-corrected chi connectivity index (χ1v) is 9.34. The van der Waals surface area contributed by atoms with Crippen molar-refractivity contribution in [1.82, 2.24) is 14.5 Å². The van der Waals surface area contributed by atoms with Gasteiger partial charge in [0.1, 0.15) is 4.21 Å². The predicted octanol–water partition coefficient (Wildman–Crippen LogP) is 1.55. The molecule has 2 amide bonds. The third kappa shape index (κ3) is 3.16. The largest absolute Gasteiger partial charge is 0.338 e. The van der Waals surface area contributed by atoms with Gasteiger partial charge in [0.25, 0.3) is 10.0 Å². The fourth-order valence-corrected chi connectivity index (χ4v) is 5.85. The smallest absolute Gasteiger partial charge is 0.317 e. The first kappa shape index (κ1) is 15.7. The van der Waals surface area contributed by atoms with Crippen molar-refractivity contribution in [3.8, 4) is 0 Å². The van der Waals surface area contributed by atoms with Crippen molar-refractivity contribution in [2.24, 2.45) is 0 Å². The Labute approximate surface area is 130 Å². The minimum absolute atomic E-state index is 0.137. The summed E-state index contributed by atoms with van der Waals surface area (Å²) < 4.78 is 27.3. The first-order chi connectivity index (χ1) is 9.46. The van der Waals surface area contributed by atoms with Gasteiger partial charge in [0.2, 0.25) is 0 Å². The molecule has 1 aromatic rings. The summed E-state index contributed by atoms with van der Waals surface area (Å²) in [6.45, 7) is 3.89. The quantitative estimate of drug-likeness (QED) is 0.863. The second-order valence-electron chi connectivity index (χ2n) is 4.28. The zero-order valence-corrected chi connectivity index (χ0v) is 14.2. The third-order valence-corrected chi connectivity index (χ3v) is 7.56. The summed E-state index contributed by atoms with van der Waals surface area (Å²) >= 11 is 4.45. The summed E-state index contributed by atoms with van der Waals surface area (Å²) in [6.07, 6.45) is 0. The van der Waals surface area contributed by atoms with Crippen LogP contribution in [0.15, 0.2) is 20.1 Å². The van der Waals surface area contributed by atoms with Crippen molar-refractivity contribution in [2.75, 3.05) is 32.7 Å². The number of hydrogen-bond donors (Lipinski definition) is 1. The van der Waals surface area contributed by atoms with E-state index in [-0.39, 0.29) is 6.03 Å². The van der Waals surface area contributed by atoms with Crippen LogP contribution in [0, 0.1) is 0 Å². The number of carbonyl (C=O) groups excluding carboxylic acids is 1. The highest BCUT2D eigenvalue weighted by Crippen LogP contribution is 2.30. The highest BCUT2D eigenvalue weighted by atomic mass is 79.9. The van der Waals surface area contributed by atoms with E-state index in [1.807, 2.05) is 6.92 Å². The number of nitrogens with one attached hydrogen (secondary N) is 1. The lowest BCUT2D eigenvalue weighted by Crippen LogP contribution is -2.53. The first-order valence-electron chi connectivity index (χ1n) is 6.22. The monoisotopic (exact) mass is 381 g/mol. The van der Waals surface area contributed by atoms with Gasteiger partial charge >= 0.3 is 6.03 Å². The van der Waals surface area contributed by atoms with E-state index in [1.165, 1.54) is 15.6 Å². The van der Waals surface area contributed by atoms with Crippen molar-refractivity contribution >= 4 is 43.3 Å². The molecular formula is C11H16BrN3O3S2. The normalized spacial score (nSPS) is 17.2. The Morgan fingerprint density at radius 2 is 2.05 bits per heavy atom. The second kappa shape index (κ2) is 6.42. The number of urea groups is 1. The lowest BCUT2D eigenvalue weighted by molar-refractivity contribution is 0.173. The maximum absolute atomic E-state index is 12.5. The van der Waals surface area contributed by atoms with Crippen LogP contribution in [0.4, 0.5) is 4.79 Å². The Kier molecular flexibility index (Phi) is 5.05. The van der Waals surface area contributed by atoms with E-state index >= 15 is 0 Å². The molecule has 1 fully saturated rings. The Hall–Kier alpha value is -0.640. The summed E-state index contributed by atoms with van der Waals surface area (Å²) in [5, 5.41) is 4.46. The molecule has 1 aliphatic rings. The molecule has 0 atom stereocenters. The van der Waals surface area contributed by atoms with Crippen LogP contribution < -0.4 is 5.32 Å². The van der Waals surface area contributed by atoms with Gasteiger partial charge in [0.05, 0.1) is 0 Å². The lowest BCUT2D eigenvalue weighted by atomic mass is 10.4. The molecule has 0 radical (unpaired) electrons. The van der Waals surface area contributed by atoms with Crippen LogP contribution in [0.2, 0.25) is 0 Å². The van der Waals surface area contributed by atoms with E-state index in [4.69, 9.17) is 0 Å². The highest BCUT2D eigenvalue weighted by molar-refractivity contribution is 9.10. The van der Waals surface area contributed by atoms with Crippen LogP contribution in [-0.4, -0.2) is 56.4 Å². The summed E-state index contributed by atoms with van der Waals surface area (Å²) in [6, 6.07) is 1.59. The van der Waals surface area contributed by atoms with E-state index in [2.05, 4.69) is 21.2 Å². The molecule has 0 unspecified atom stereocenters. The number of carbonyl (C=O) groups is 1. The molecule has 9 heteroatoms. The van der Waals surface area contributed by atoms with Crippen molar-refractivity contribution in [3.63, 3.8) is 0 Å². The average molecular weight is 382 g/mol. The number of halogens is 1. The minimum atomic E-state index is -3.46. The van der Waals surface area contributed by atoms with Crippen LogP contribution in [0.25, 0.3) is 0 Å². The summed E-state index contributed by atoms with van der Waals surface area (Å²) in [5.41, 5.74) is 0. The van der Waals surface area contributed by atoms with Gasteiger partial charge in [0.15, 0.2) is 0 Å². The molecule has 112 valence electrons. The molecule has 1 aromatic heterocycles. The van der Waals surface area contributed by atoms with Gasteiger partial charge in [-0.05, 0) is 34.3 Å². The van der Waals surface area contributed by atoms with Crippen molar-refractivity contribution in [1.29, 1.82) is 0 Å². The number of rotatable bonds is 3. The highest BCUT2D eigenvalue weighted by Gasteiger charge is 2.31. The lowest BCUT2D eigenvalue weighted by Gasteiger charge is -2.33. The molecule has 0 saturated carbocycles. The zero-order valence-electron chi connectivity index (χ0n) is 11.0. The van der Waals surface area contributed by atoms with E-state index in [9.17, 15) is 13.2 Å². The molecule has 0 aliphatic carbocycles. The molecule has 1 N–H and O–H groups in total. The number of piperazine rings is 1. The molecule has 0 aromatic carbocycles. The molecule has 2 heterocycles. The third-order valence-electron chi connectivity index (χ3n) is 3.01. The number of nitrogens with zero attached hydrogens (tertiary/aromatic N) is 2. The fraction of sp³-hybridized carbons (Fsp3) is 0.545. The van der Waals surface area contributed by atoms with Gasteiger partial charge in [-0.15, -0.1) is 11.3 Å². The zero-order chi connectivity index (χ0) is 14.8. The topological polar surface area (TPSA) is 69.7 Å². The Bertz CT molecular complexity index is 579. The molecule has 2 rings (SSSR count). The predicted molar refractivity (Wildman–Crippen MR) is 81.4 cm³/mol. The van der Waals surface area contributed by atoms with Crippen molar-refractivity contribution in [2.45, 2.75) is 11.1 Å². The molecule has 1 saturated heterocycles. The summed E-state index contributed by atoms with van der Waals surface area (Å²) in [7, 11) is -3.46. The average Bonchev–Trinajstić information content (AvgIpc) is 2.86. The number of thiophene rings is 1. The molecular weight excluding hydrogens is 366 g/mol. The molecule has 6 nitrogen and oxygen atoms in total. The van der Waals surface area contributed by atoms with Gasteiger partial charge in [-0.2, -0.15) is 4.31 Å². The Balaban J connectivity index is 2.04. The summed E-state index contributed by atoms with van der Waals surface area (Å²) in [5.74, 6) is 0. The van der Waals surface area contributed by atoms with Crippen LogP contribution in [0.1, 0.15) is 6.92 Å². The van der Waals surface area contributed by atoms with Gasteiger partial charge in [0, 0.05) is 37.2 Å². The van der Waals surface area contributed by atoms with Crippen LogP contribution in [-0.2, 0) is 10.0 Å². The minimum Gasteiger partial charge on any atom is -0.338 e. The maximum Gasteiger partial charge on any atom is 0.317 e. The van der Waals surface area contributed by atoms with Crippen molar-refractivity contribution in [3.05, 3.63) is 15.9 Å². The van der Waals surface area contributed by atoms with Gasteiger partial charge < -0.3 is 10.2 Å². The van der Waals surface area contributed by atoms with Crippen LogP contribution in [0.3, 0.4) is 0 Å². The van der Waals surface area contributed by atoms with Crippen molar-refractivity contribution < 1.29 is 13.2 Å². The molecule has 20 heavy (non-hydrogen) atoms. The Morgan fingerprint density at radius 3 is 2.55 bits per heavy atom. The Morgan fingerprint density at radius 1 is 1.40 bits per heavy atom. The second-order valence-corrected chi connectivity index (χ2v) is 8.19. The van der Waals surface area contributed by atoms with E-state index < -0.39 is 10.0 Å². The van der Waals surface area contributed by atoms with Gasteiger partial charge in [-0.1, -0.05) is 0 Å². The number of hydrogen-bond acceptors (Lipinski definition) is 4. The van der Waals surface area contributed by atoms with Crippen LogP contribution in [0.5, 0.6) is 0 Å². The van der Waals surface area contributed by atoms with E-state index in [0.717, 1.165) is 0 Å². The summed E-state index contributed by atoms with van der Waals surface area (Å²) in [4.78, 5) is 13.3. The standard InChI is InChI=1S/C11H16BrN3O3S2/c1-2-13-11(16)14-4-6-15(7-5-14)20(17,18)10-9(12)3-8-19-10/h3,8H,2,4-7H2,1H3,(H,13,16). The SMILES string of the molecule is CCNC(=O)N1CCN(S(=O)(=O)c2sccc2Br)CC1. The van der Waals surface area contributed by atoms with E-state index in [0.29, 0.717) is 41.4 Å².